The highest BCUT2D eigenvalue weighted by Gasteiger charge is 2.29. The number of nitrogens with two attached hydrogens (primary N) is 1. The van der Waals surface area contributed by atoms with E-state index in [1.807, 2.05) is 6.08 Å². The third-order valence-electron chi connectivity index (χ3n) is 2.93. The highest BCUT2D eigenvalue weighted by atomic mass is 16.4. The van der Waals surface area contributed by atoms with E-state index < -0.39 is 11.5 Å². The molecule has 0 heterocycles. The molecule has 0 aliphatic rings. The molecule has 0 radical (unpaired) electrons. The van der Waals surface area contributed by atoms with Crippen molar-refractivity contribution in [1.82, 2.24) is 5.32 Å². The van der Waals surface area contributed by atoms with Crippen LogP contribution in [0.2, 0.25) is 0 Å². The summed E-state index contributed by atoms with van der Waals surface area (Å²) in [5.74, 6) is -1.07. The minimum atomic E-state index is -1.29. The van der Waals surface area contributed by atoms with Gasteiger partial charge < -0.3 is 16.2 Å². The first kappa shape index (κ1) is 17.6. The van der Waals surface area contributed by atoms with Crippen LogP contribution in [0.1, 0.15) is 52.4 Å². The van der Waals surface area contributed by atoms with Crippen LogP contribution < -0.4 is 11.1 Å². The van der Waals surface area contributed by atoms with Crippen molar-refractivity contribution < 1.29 is 14.7 Å². The molecule has 19 heavy (non-hydrogen) atoms. The van der Waals surface area contributed by atoms with Gasteiger partial charge in [-0.1, -0.05) is 31.9 Å². The van der Waals surface area contributed by atoms with Gasteiger partial charge in [0.2, 0.25) is 5.91 Å². The molecule has 5 heteroatoms. The molecule has 110 valence electrons. The molecule has 0 aromatic rings. The maximum Gasteiger partial charge on any atom is 0.327 e. The number of hydrogen-bond acceptors (Lipinski definition) is 3. The Labute approximate surface area is 115 Å². The maximum atomic E-state index is 11.2. The molecule has 0 aromatic carbocycles. The number of nitrogens with one attached hydrogen (secondary N) is 1. The smallest absolute Gasteiger partial charge is 0.327 e. The predicted molar refractivity (Wildman–Crippen MR) is 75.8 cm³/mol. The fourth-order valence-corrected chi connectivity index (χ4v) is 1.68. The minimum absolute atomic E-state index is 0.0725. The topological polar surface area (TPSA) is 92.4 Å². The van der Waals surface area contributed by atoms with Crippen molar-refractivity contribution in [2.75, 3.05) is 6.54 Å². The number of carboxylic acid groups (broad SMARTS) is 1. The summed E-state index contributed by atoms with van der Waals surface area (Å²) in [6, 6.07) is 0. The Kier molecular flexibility index (Phi) is 8.87. The van der Waals surface area contributed by atoms with Gasteiger partial charge in [0.1, 0.15) is 5.54 Å². The summed E-state index contributed by atoms with van der Waals surface area (Å²) < 4.78 is 0. The SMILES string of the molecule is CCCC/C=C/C(N)(CCCCNC(C)=O)C(=O)O. The van der Waals surface area contributed by atoms with Crippen LogP contribution in [0.4, 0.5) is 0 Å². The number of carboxylic acids is 1. The van der Waals surface area contributed by atoms with Crippen LogP contribution in [-0.2, 0) is 9.59 Å². The van der Waals surface area contributed by atoms with Crippen LogP contribution in [0.5, 0.6) is 0 Å². The summed E-state index contributed by atoms with van der Waals surface area (Å²) in [5.41, 5.74) is 4.60. The molecular weight excluding hydrogens is 244 g/mol. The van der Waals surface area contributed by atoms with E-state index in [9.17, 15) is 14.7 Å². The van der Waals surface area contributed by atoms with Crippen LogP contribution in [0, 0.1) is 0 Å². The van der Waals surface area contributed by atoms with E-state index in [-0.39, 0.29) is 5.91 Å². The first-order chi connectivity index (χ1) is 8.92. The number of unbranched alkanes of at least 4 members (excludes halogenated alkanes) is 3. The predicted octanol–water partition coefficient (Wildman–Crippen LogP) is 1.82. The zero-order chi connectivity index (χ0) is 14.7. The van der Waals surface area contributed by atoms with Crippen molar-refractivity contribution in [2.24, 2.45) is 5.73 Å². The first-order valence-electron chi connectivity index (χ1n) is 6.87. The molecule has 0 rings (SSSR count). The molecule has 1 atom stereocenters. The van der Waals surface area contributed by atoms with Gasteiger partial charge in [-0.15, -0.1) is 0 Å². The van der Waals surface area contributed by atoms with Crippen LogP contribution in [-0.4, -0.2) is 29.1 Å². The van der Waals surface area contributed by atoms with Crippen molar-refractivity contribution in [1.29, 1.82) is 0 Å². The molecular formula is C14H26N2O3. The van der Waals surface area contributed by atoms with Gasteiger partial charge >= 0.3 is 5.97 Å². The van der Waals surface area contributed by atoms with Crippen LogP contribution in [0.25, 0.3) is 0 Å². The Morgan fingerprint density at radius 1 is 1.32 bits per heavy atom. The fraction of sp³-hybridized carbons (Fsp3) is 0.714. The van der Waals surface area contributed by atoms with Gasteiger partial charge in [0, 0.05) is 13.5 Å². The molecule has 0 saturated carbocycles. The number of rotatable bonds is 10. The summed E-state index contributed by atoms with van der Waals surface area (Å²) in [4.78, 5) is 21.9. The van der Waals surface area contributed by atoms with Gasteiger partial charge in [0.05, 0.1) is 0 Å². The third-order valence-corrected chi connectivity index (χ3v) is 2.93. The van der Waals surface area contributed by atoms with Crippen molar-refractivity contribution in [2.45, 2.75) is 57.9 Å². The zero-order valence-corrected chi connectivity index (χ0v) is 11.9. The second kappa shape index (κ2) is 9.55. The van der Waals surface area contributed by atoms with E-state index in [0.29, 0.717) is 19.4 Å². The minimum Gasteiger partial charge on any atom is -0.480 e. The number of carbonyl (C=O) groups excluding carboxylic acids is 1. The maximum absolute atomic E-state index is 11.2. The molecule has 5 nitrogen and oxygen atoms in total. The van der Waals surface area contributed by atoms with Crippen molar-refractivity contribution in [3.05, 3.63) is 12.2 Å². The van der Waals surface area contributed by atoms with E-state index in [0.717, 1.165) is 25.7 Å². The highest BCUT2D eigenvalue weighted by molar-refractivity contribution is 5.81. The van der Waals surface area contributed by atoms with Gasteiger partial charge in [-0.25, -0.2) is 4.79 Å². The lowest BCUT2D eigenvalue weighted by Crippen LogP contribution is -2.46. The molecule has 0 aliphatic carbocycles. The fourth-order valence-electron chi connectivity index (χ4n) is 1.68. The van der Waals surface area contributed by atoms with Crippen LogP contribution in [0.15, 0.2) is 12.2 Å². The lowest BCUT2D eigenvalue weighted by Gasteiger charge is -2.20. The second-order valence-corrected chi connectivity index (χ2v) is 4.83. The zero-order valence-electron chi connectivity index (χ0n) is 11.9. The van der Waals surface area contributed by atoms with E-state index in [2.05, 4.69) is 12.2 Å². The number of hydrogen-bond donors (Lipinski definition) is 3. The van der Waals surface area contributed by atoms with Gasteiger partial charge in [-0.2, -0.15) is 0 Å². The first-order valence-corrected chi connectivity index (χ1v) is 6.87. The monoisotopic (exact) mass is 270 g/mol. The van der Waals surface area contributed by atoms with Gasteiger partial charge in [-0.3, -0.25) is 4.79 Å². The summed E-state index contributed by atoms with van der Waals surface area (Å²) in [6.45, 7) is 4.11. The molecule has 0 aliphatic heterocycles. The Morgan fingerprint density at radius 2 is 2.00 bits per heavy atom. The summed E-state index contributed by atoms with van der Waals surface area (Å²) in [6.07, 6.45) is 8.20. The Hall–Kier alpha value is -1.36. The van der Waals surface area contributed by atoms with Crippen molar-refractivity contribution >= 4 is 11.9 Å². The average Bonchev–Trinajstić information content (AvgIpc) is 2.33. The lowest BCUT2D eigenvalue weighted by molar-refractivity contribution is -0.141. The van der Waals surface area contributed by atoms with E-state index in [1.54, 1.807) is 6.08 Å². The molecule has 4 N–H and O–H groups in total. The second-order valence-electron chi connectivity index (χ2n) is 4.83. The number of carbonyl (C=O) groups is 2. The third kappa shape index (κ3) is 8.37. The normalized spacial score (nSPS) is 14.3. The molecule has 0 aromatic heterocycles. The Bertz CT molecular complexity index is 316. The quantitative estimate of drug-likeness (QED) is 0.417. The van der Waals surface area contributed by atoms with Crippen LogP contribution in [0.3, 0.4) is 0 Å². The summed E-state index contributed by atoms with van der Waals surface area (Å²) in [5, 5.41) is 11.9. The van der Waals surface area contributed by atoms with Crippen molar-refractivity contribution in [3.8, 4) is 0 Å². The van der Waals surface area contributed by atoms with Gasteiger partial charge in [0.15, 0.2) is 0 Å². The summed E-state index contributed by atoms with van der Waals surface area (Å²) >= 11 is 0. The van der Waals surface area contributed by atoms with E-state index in [4.69, 9.17) is 5.73 Å². The average molecular weight is 270 g/mol. The molecule has 0 saturated heterocycles. The molecule has 0 spiro atoms. The largest absolute Gasteiger partial charge is 0.480 e. The van der Waals surface area contributed by atoms with E-state index >= 15 is 0 Å². The molecule has 0 bridgehead atoms. The molecule has 0 fully saturated rings. The van der Waals surface area contributed by atoms with Gasteiger partial charge in [-0.05, 0) is 25.7 Å². The highest BCUT2D eigenvalue weighted by Crippen LogP contribution is 2.14. The Morgan fingerprint density at radius 3 is 2.53 bits per heavy atom. The van der Waals surface area contributed by atoms with Crippen molar-refractivity contribution in [3.63, 3.8) is 0 Å². The summed E-state index contributed by atoms with van der Waals surface area (Å²) in [7, 11) is 0. The van der Waals surface area contributed by atoms with Gasteiger partial charge in [0.25, 0.3) is 0 Å². The lowest BCUT2D eigenvalue weighted by atomic mass is 9.92. The number of allylic oxidation sites excluding steroid dienone is 1. The van der Waals surface area contributed by atoms with E-state index in [1.165, 1.54) is 6.92 Å². The van der Waals surface area contributed by atoms with Crippen LogP contribution >= 0.6 is 0 Å². The Balaban J connectivity index is 4.12. The standard InChI is InChI=1S/C14H26N2O3/c1-3-4-5-6-9-14(15,13(18)19)10-7-8-11-16-12(2)17/h6,9H,3-5,7-8,10-11,15H2,1-2H3,(H,16,17)(H,18,19)/b9-6+. The molecule has 1 amide bonds. The molecule has 1 unspecified atom stereocenters. The number of amides is 1. The number of aliphatic carboxylic acids is 1.